The van der Waals surface area contributed by atoms with E-state index < -0.39 is 0 Å². The van der Waals surface area contributed by atoms with Crippen LogP contribution in [0.25, 0.3) is 0 Å². The molecule has 32 heavy (non-hydrogen) atoms. The maximum Gasteiger partial charge on any atom is 0.133 e. The van der Waals surface area contributed by atoms with E-state index in [1.54, 1.807) is 7.11 Å². The van der Waals surface area contributed by atoms with E-state index in [0.29, 0.717) is 12.1 Å². The van der Waals surface area contributed by atoms with Crippen LogP contribution < -0.4 is 15.2 Å². The third-order valence-corrected chi connectivity index (χ3v) is 6.74. The van der Waals surface area contributed by atoms with E-state index in [1.807, 2.05) is 42.5 Å². The third kappa shape index (κ3) is 6.12. The lowest BCUT2D eigenvalue weighted by atomic mass is 9.90. The van der Waals surface area contributed by atoms with Crippen molar-refractivity contribution in [3.8, 4) is 17.2 Å². The summed E-state index contributed by atoms with van der Waals surface area (Å²) in [7, 11) is 1.70. The fourth-order valence-electron chi connectivity index (χ4n) is 4.39. The number of rotatable bonds is 8. The first kappa shape index (κ1) is 22.8. The molecule has 1 aliphatic carbocycles. The standard InChI is InChI=1S/C27H31BrN2O2/c1-31-27-15-10-21(17-26(27)28)19-30(23-13-11-22(29)12-14-23)18-20-6-5-9-25(16-20)32-24-7-3-2-4-8-24/h2-10,15-17,22-23H,11-14,18-19,29H2,1H3. The molecular weight excluding hydrogens is 464 g/mol. The Kier molecular flexibility index (Phi) is 7.85. The third-order valence-electron chi connectivity index (χ3n) is 6.12. The Hall–Kier alpha value is -2.34. The van der Waals surface area contributed by atoms with Gasteiger partial charge in [-0.3, -0.25) is 4.90 Å². The van der Waals surface area contributed by atoms with Gasteiger partial charge in [-0.05, 0) is 89.1 Å². The number of methoxy groups -OCH3 is 1. The molecule has 4 nitrogen and oxygen atoms in total. The van der Waals surface area contributed by atoms with Crippen LogP contribution in [0, 0.1) is 0 Å². The van der Waals surface area contributed by atoms with Crippen LogP contribution in [0.2, 0.25) is 0 Å². The lowest BCUT2D eigenvalue weighted by Gasteiger charge is -2.36. The SMILES string of the molecule is COc1ccc(CN(Cc2cccc(Oc3ccccc3)c2)C2CCC(N)CC2)cc1Br. The van der Waals surface area contributed by atoms with Gasteiger partial charge in [-0.2, -0.15) is 0 Å². The predicted octanol–water partition coefficient (Wildman–Crippen LogP) is 6.52. The minimum atomic E-state index is 0.339. The number of nitrogens with two attached hydrogens (primary N) is 1. The predicted molar refractivity (Wildman–Crippen MR) is 133 cm³/mol. The van der Waals surface area contributed by atoms with E-state index in [-0.39, 0.29) is 0 Å². The molecule has 0 aliphatic heterocycles. The minimum Gasteiger partial charge on any atom is -0.496 e. The van der Waals surface area contributed by atoms with Gasteiger partial charge >= 0.3 is 0 Å². The van der Waals surface area contributed by atoms with Gasteiger partial charge in [0.25, 0.3) is 0 Å². The maximum absolute atomic E-state index is 6.19. The average Bonchev–Trinajstić information content (AvgIpc) is 2.80. The van der Waals surface area contributed by atoms with Crippen molar-refractivity contribution >= 4 is 15.9 Å². The summed E-state index contributed by atoms with van der Waals surface area (Å²) in [5, 5.41) is 0. The van der Waals surface area contributed by atoms with Crippen molar-refractivity contribution in [2.45, 2.75) is 50.9 Å². The van der Waals surface area contributed by atoms with Crippen LogP contribution in [0.15, 0.2) is 77.3 Å². The summed E-state index contributed by atoms with van der Waals surface area (Å²) in [4.78, 5) is 2.59. The second-order valence-electron chi connectivity index (χ2n) is 8.51. The summed E-state index contributed by atoms with van der Waals surface area (Å²) < 4.78 is 12.5. The summed E-state index contributed by atoms with van der Waals surface area (Å²) >= 11 is 3.63. The molecule has 0 atom stereocenters. The summed E-state index contributed by atoms with van der Waals surface area (Å²) in [6.45, 7) is 1.75. The molecule has 0 saturated heterocycles. The van der Waals surface area contributed by atoms with Gasteiger partial charge in [-0.1, -0.05) is 36.4 Å². The van der Waals surface area contributed by atoms with Crippen molar-refractivity contribution in [2.24, 2.45) is 5.73 Å². The van der Waals surface area contributed by atoms with Crippen molar-refractivity contribution in [3.63, 3.8) is 0 Å². The van der Waals surface area contributed by atoms with Gasteiger partial charge in [-0.25, -0.2) is 0 Å². The van der Waals surface area contributed by atoms with Crippen molar-refractivity contribution in [1.82, 2.24) is 4.90 Å². The Bertz CT molecular complexity index is 1000. The Morgan fingerprint density at radius 1 is 0.844 bits per heavy atom. The molecule has 0 aromatic heterocycles. The highest BCUT2D eigenvalue weighted by Gasteiger charge is 2.25. The van der Waals surface area contributed by atoms with E-state index in [0.717, 1.165) is 60.5 Å². The van der Waals surface area contributed by atoms with Crippen LogP contribution >= 0.6 is 15.9 Å². The van der Waals surface area contributed by atoms with Crippen LogP contribution in [0.5, 0.6) is 17.2 Å². The largest absolute Gasteiger partial charge is 0.496 e. The number of benzene rings is 3. The molecule has 168 valence electrons. The van der Waals surface area contributed by atoms with Crippen molar-refractivity contribution in [3.05, 3.63) is 88.4 Å². The van der Waals surface area contributed by atoms with Gasteiger partial charge in [0.05, 0.1) is 11.6 Å². The highest BCUT2D eigenvalue weighted by molar-refractivity contribution is 9.10. The lowest BCUT2D eigenvalue weighted by Crippen LogP contribution is -2.40. The molecule has 0 heterocycles. The molecule has 1 saturated carbocycles. The van der Waals surface area contributed by atoms with Crippen LogP contribution in [0.4, 0.5) is 0 Å². The lowest BCUT2D eigenvalue weighted by molar-refractivity contribution is 0.134. The van der Waals surface area contributed by atoms with E-state index in [4.69, 9.17) is 15.2 Å². The second kappa shape index (κ2) is 11.0. The van der Waals surface area contributed by atoms with Crippen LogP contribution in [-0.4, -0.2) is 24.1 Å². The molecule has 1 aliphatic rings. The average molecular weight is 495 g/mol. The maximum atomic E-state index is 6.19. The Labute approximate surface area is 199 Å². The van der Waals surface area contributed by atoms with E-state index >= 15 is 0 Å². The van der Waals surface area contributed by atoms with Gasteiger partial charge in [0.2, 0.25) is 0 Å². The molecule has 3 aromatic rings. The monoisotopic (exact) mass is 494 g/mol. The molecule has 0 bridgehead atoms. The highest BCUT2D eigenvalue weighted by Crippen LogP contribution is 2.30. The van der Waals surface area contributed by atoms with Gasteiger partial charge in [0, 0.05) is 25.2 Å². The van der Waals surface area contributed by atoms with Crippen molar-refractivity contribution in [1.29, 1.82) is 0 Å². The molecule has 0 amide bonds. The Morgan fingerprint density at radius 3 is 2.22 bits per heavy atom. The van der Waals surface area contributed by atoms with Crippen LogP contribution in [0.1, 0.15) is 36.8 Å². The minimum absolute atomic E-state index is 0.339. The molecule has 0 spiro atoms. The van der Waals surface area contributed by atoms with Gasteiger partial charge in [-0.15, -0.1) is 0 Å². The van der Waals surface area contributed by atoms with Crippen molar-refractivity contribution in [2.75, 3.05) is 7.11 Å². The number of halogens is 1. The van der Waals surface area contributed by atoms with Crippen LogP contribution in [-0.2, 0) is 13.1 Å². The molecule has 3 aromatic carbocycles. The number of hydrogen-bond donors (Lipinski definition) is 1. The number of nitrogens with zero attached hydrogens (tertiary/aromatic N) is 1. The van der Waals surface area contributed by atoms with E-state index in [2.05, 4.69) is 51.2 Å². The zero-order valence-corrected chi connectivity index (χ0v) is 20.1. The normalized spacial score (nSPS) is 18.5. The zero-order valence-electron chi connectivity index (χ0n) is 18.5. The van der Waals surface area contributed by atoms with Crippen molar-refractivity contribution < 1.29 is 9.47 Å². The fourth-order valence-corrected chi connectivity index (χ4v) is 4.98. The summed E-state index contributed by atoms with van der Waals surface area (Å²) in [5.41, 5.74) is 8.71. The molecule has 4 rings (SSSR count). The summed E-state index contributed by atoms with van der Waals surface area (Å²) in [5.74, 6) is 2.58. The van der Waals surface area contributed by atoms with Gasteiger partial charge in [0.15, 0.2) is 0 Å². The topological polar surface area (TPSA) is 47.7 Å². The molecule has 5 heteroatoms. The smallest absolute Gasteiger partial charge is 0.133 e. The summed E-state index contributed by atoms with van der Waals surface area (Å²) in [6.07, 6.45) is 4.45. The second-order valence-corrected chi connectivity index (χ2v) is 9.36. The highest BCUT2D eigenvalue weighted by atomic mass is 79.9. The number of hydrogen-bond acceptors (Lipinski definition) is 4. The first-order valence-electron chi connectivity index (χ1n) is 11.2. The van der Waals surface area contributed by atoms with Gasteiger partial charge < -0.3 is 15.2 Å². The quantitative estimate of drug-likeness (QED) is 0.387. The fraction of sp³-hybridized carbons (Fsp3) is 0.333. The Balaban J connectivity index is 1.52. The van der Waals surface area contributed by atoms with Gasteiger partial charge in [0.1, 0.15) is 17.2 Å². The molecule has 1 fully saturated rings. The van der Waals surface area contributed by atoms with Crippen LogP contribution in [0.3, 0.4) is 0 Å². The van der Waals surface area contributed by atoms with E-state index in [9.17, 15) is 0 Å². The first-order chi connectivity index (χ1) is 15.6. The summed E-state index contributed by atoms with van der Waals surface area (Å²) in [6, 6.07) is 25.6. The first-order valence-corrected chi connectivity index (χ1v) is 12.0. The molecule has 2 N–H and O–H groups in total. The Morgan fingerprint density at radius 2 is 1.53 bits per heavy atom. The molecule has 0 radical (unpaired) electrons. The van der Waals surface area contributed by atoms with E-state index in [1.165, 1.54) is 11.1 Å². The molecular formula is C27H31BrN2O2. The zero-order chi connectivity index (χ0) is 22.3. The number of para-hydroxylation sites is 1. The molecule has 0 unspecified atom stereocenters. The number of ether oxygens (including phenoxy) is 2.